The lowest BCUT2D eigenvalue weighted by Gasteiger charge is -2.33. The average molecular weight is 323 g/mol. The fraction of sp³-hybridized carbons (Fsp3) is 0.611. The van der Waals surface area contributed by atoms with Crippen molar-refractivity contribution < 1.29 is 4.79 Å². The topological polar surface area (TPSA) is 46.3 Å². The van der Waals surface area contributed by atoms with Gasteiger partial charge in [0.2, 0.25) is 5.91 Å². The van der Waals surface area contributed by atoms with Crippen molar-refractivity contribution in [3.8, 4) is 0 Å². The van der Waals surface area contributed by atoms with Gasteiger partial charge in [-0.1, -0.05) is 25.8 Å². The van der Waals surface area contributed by atoms with Crippen LogP contribution in [0.15, 0.2) is 18.2 Å². The molecular formula is C18H27ClN2O. The Labute approximate surface area is 139 Å². The summed E-state index contributed by atoms with van der Waals surface area (Å²) in [7, 11) is 0. The third kappa shape index (κ3) is 3.57. The Morgan fingerprint density at radius 1 is 1.32 bits per heavy atom. The quantitative estimate of drug-likeness (QED) is 0.830. The van der Waals surface area contributed by atoms with Crippen molar-refractivity contribution in [2.45, 2.75) is 51.9 Å². The first-order chi connectivity index (χ1) is 10.1. The van der Waals surface area contributed by atoms with Gasteiger partial charge in [-0.25, -0.2) is 0 Å². The number of anilines is 2. The minimum atomic E-state index is 0. The molecule has 1 saturated carbocycles. The van der Waals surface area contributed by atoms with Crippen LogP contribution in [-0.2, 0) is 11.2 Å². The van der Waals surface area contributed by atoms with Crippen LogP contribution in [0.3, 0.4) is 0 Å². The number of rotatable bonds is 2. The number of hydrogen-bond donors (Lipinski definition) is 1. The van der Waals surface area contributed by atoms with Gasteiger partial charge in [0.05, 0.1) is 0 Å². The molecule has 4 heteroatoms. The molecule has 3 rings (SSSR count). The minimum absolute atomic E-state index is 0. The predicted molar refractivity (Wildman–Crippen MR) is 94.5 cm³/mol. The number of fused-ring (bicyclic) bond motifs is 1. The monoisotopic (exact) mass is 322 g/mol. The van der Waals surface area contributed by atoms with E-state index in [1.807, 2.05) is 23.1 Å². The molecule has 122 valence electrons. The van der Waals surface area contributed by atoms with E-state index in [0.717, 1.165) is 42.2 Å². The highest BCUT2D eigenvalue weighted by Crippen LogP contribution is 2.34. The second-order valence-corrected chi connectivity index (χ2v) is 6.84. The molecule has 1 heterocycles. The van der Waals surface area contributed by atoms with Crippen LogP contribution in [0.2, 0.25) is 0 Å². The highest BCUT2D eigenvalue weighted by atomic mass is 35.5. The SMILES string of the molecule is CC1CCCC(CC(=O)N2CCCc3c(N)cccc32)C1.Cl. The molecule has 0 radical (unpaired) electrons. The fourth-order valence-corrected chi connectivity index (χ4v) is 4.01. The lowest BCUT2D eigenvalue weighted by Crippen LogP contribution is -2.37. The van der Waals surface area contributed by atoms with Crippen LogP contribution in [0.25, 0.3) is 0 Å². The average Bonchev–Trinajstić information content (AvgIpc) is 2.47. The van der Waals surface area contributed by atoms with Gasteiger partial charge in [0.15, 0.2) is 0 Å². The molecule has 2 unspecified atom stereocenters. The summed E-state index contributed by atoms with van der Waals surface area (Å²) >= 11 is 0. The molecule has 3 nitrogen and oxygen atoms in total. The zero-order chi connectivity index (χ0) is 14.8. The summed E-state index contributed by atoms with van der Waals surface area (Å²) in [6, 6.07) is 5.95. The summed E-state index contributed by atoms with van der Waals surface area (Å²) in [5, 5.41) is 0. The first-order valence-electron chi connectivity index (χ1n) is 8.33. The first kappa shape index (κ1) is 17.1. The molecule has 1 amide bonds. The van der Waals surface area contributed by atoms with Crippen LogP contribution in [0.5, 0.6) is 0 Å². The summed E-state index contributed by atoms with van der Waals surface area (Å²) in [5.41, 5.74) is 9.11. The van der Waals surface area contributed by atoms with Crippen LogP contribution in [0.4, 0.5) is 11.4 Å². The molecule has 1 aromatic carbocycles. The van der Waals surface area contributed by atoms with Gasteiger partial charge in [-0.2, -0.15) is 0 Å². The lowest BCUT2D eigenvalue weighted by atomic mass is 9.80. The zero-order valence-corrected chi connectivity index (χ0v) is 14.2. The molecule has 2 N–H and O–H groups in total. The van der Waals surface area contributed by atoms with Crippen molar-refractivity contribution in [3.05, 3.63) is 23.8 Å². The molecule has 2 atom stereocenters. The third-order valence-corrected chi connectivity index (χ3v) is 5.10. The van der Waals surface area contributed by atoms with Gasteiger partial charge in [-0.05, 0) is 55.2 Å². The number of benzene rings is 1. The van der Waals surface area contributed by atoms with E-state index in [1.165, 1.54) is 25.7 Å². The molecule has 0 bridgehead atoms. The highest BCUT2D eigenvalue weighted by Gasteiger charge is 2.27. The Bertz CT molecular complexity index is 532. The maximum Gasteiger partial charge on any atom is 0.227 e. The maximum atomic E-state index is 12.7. The largest absolute Gasteiger partial charge is 0.398 e. The molecule has 22 heavy (non-hydrogen) atoms. The van der Waals surface area contributed by atoms with Gasteiger partial charge in [0.25, 0.3) is 0 Å². The highest BCUT2D eigenvalue weighted by molar-refractivity contribution is 5.95. The summed E-state index contributed by atoms with van der Waals surface area (Å²) in [5.74, 6) is 1.65. The summed E-state index contributed by atoms with van der Waals surface area (Å²) in [4.78, 5) is 14.7. The smallest absolute Gasteiger partial charge is 0.227 e. The molecule has 1 aliphatic carbocycles. The molecule has 0 saturated heterocycles. The molecule has 1 aromatic rings. The van der Waals surface area contributed by atoms with E-state index < -0.39 is 0 Å². The van der Waals surface area contributed by atoms with E-state index in [0.29, 0.717) is 18.2 Å². The number of amides is 1. The van der Waals surface area contributed by atoms with Crippen molar-refractivity contribution in [3.63, 3.8) is 0 Å². The standard InChI is InChI=1S/C18H26N2O.ClH/c1-13-5-2-6-14(11-13)12-18(21)20-10-4-7-15-16(19)8-3-9-17(15)20;/h3,8-9,13-14H,2,4-7,10-12,19H2,1H3;1H. The second-order valence-electron chi connectivity index (χ2n) is 6.84. The van der Waals surface area contributed by atoms with Gasteiger partial charge in [0, 0.05) is 24.3 Å². The van der Waals surface area contributed by atoms with Gasteiger partial charge in [-0.15, -0.1) is 12.4 Å². The Morgan fingerprint density at radius 2 is 2.14 bits per heavy atom. The van der Waals surface area contributed by atoms with E-state index in [-0.39, 0.29) is 12.4 Å². The number of nitrogens with two attached hydrogens (primary N) is 1. The Hall–Kier alpha value is -1.22. The molecule has 2 aliphatic rings. The van der Waals surface area contributed by atoms with Crippen molar-refractivity contribution in [2.75, 3.05) is 17.2 Å². The van der Waals surface area contributed by atoms with Crippen LogP contribution in [-0.4, -0.2) is 12.5 Å². The van der Waals surface area contributed by atoms with Gasteiger partial charge in [0.1, 0.15) is 0 Å². The van der Waals surface area contributed by atoms with Crippen molar-refractivity contribution >= 4 is 29.7 Å². The molecule has 0 aromatic heterocycles. The van der Waals surface area contributed by atoms with Crippen molar-refractivity contribution in [1.82, 2.24) is 0 Å². The number of nitrogens with zero attached hydrogens (tertiary/aromatic N) is 1. The van der Waals surface area contributed by atoms with Crippen LogP contribution >= 0.6 is 12.4 Å². The van der Waals surface area contributed by atoms with Crippen molar-refractivity contribution in [1.29, 1.82) is 0 Å². The van der Waals surface area contributed by atoms with E-state index in [9.17, 15) is 4.79 Å². The molecule has 1 aliphatic heterocycles. The normalized spacial score (nSPS) is 24.3. The first-order valence-corrected chi connectivity index (χ1v) is 8.33. The van der Waals surface area contributed by atoms with Crippen molar-refractivity contribution in [2.24, 2.45) is 11.8 Å². The summed E-state index contributed by atoms with van der Waals surface area (Å²) < 4.78 is 0. The predicted octanol–water partition coefficient (Wildman–Crippen LogP) is 4.19. The van der Waals surface area contributed by atoms with E-state index >= 15 is 0 Å². The van der Waals surface area contributed by atoms with E-state index in [2.05, 4.69) is 6.92 Å². The Kier molecular flexibility index (Phi) is 5.74. The number of halogens is 1. The summed E-state index contributed by atoms with van der Waals surface area (Å²) in [6.07, 6.45) is 7.76. The number of carbonyl (C=O) groups is 1. The minimum Gasteiger partial charge on any atom is -0.398 e. The van der Waals surface area contributed by atoms with Gasteiger partial charge < -0.3 is 10.6 Å². The Morgan fingerprint density at radius 3 is 2.91 bits per heavy atom. The number of hydrogen-bond acceptors (Lipinski definition) is 2. The van der Waals surface area contributed by atoms with Crippen LogP contribution in [0, 0.1) is 11.8 Å². The molecule has 0 spiro atoms. The summed E-state index contributed by atoms with van der Waals surface area (Å²) in [6.45, 7) is 3.16. The fourth-order valence-electron chi connectivity index (χ4n) is 4.01. The molecular weight excluding hydrogens is 296 g/mol. The lowest BCUT2D eigenvalue weighted by molar-refractivity contribution is -0.119. The molecule has 1 fully saturated rings. The number of nitrogen functional groups attached to an aromatic ring is 1. The number of carbonyl (C=O) groups excluding carboxylic acids is 1. The van der Waals surface area contributed by atoms with Gasteiger partial charge in [-0.3, -0.25) is 4.79 Å². The van der Waals surface area contributed by atoms with E-state index in [1.54, 1.807) is 0 Å². The maximum absolute atomic E-state index is 12.7. The third-order valence-electron chi connectivity index (χ3n) is 5.10. The van der Waals surface area contributed by atoms with Crippen LogP contribution in [0.1, 0.15) is 51.0 Å². The Balaban J connectivity index is 0.00000176. The zero-order valence-electron chi connectivity index (χ0n) is 13.4. The second kappa shape index (κ2) is 7.36. The van der Waals surface area contributed by atoms with Gasteiger partial charge >= 0.3 is 0 Å². The van der Waals surface area contributed by atoms with E-state index in [4.69, 9.17) is 5.73 Å². The van der Waals surface area contributed by atoms with Crippen LogP contribution < -0.4 is 10.6 Å².